The fourth-order valence-corrected chi connectivity index (χ4v) is 3.01. The van der Waals surface area contributed by atoms with E-state index < -0.39 is 17.8 Å². The Labute approximate surface area is 189 Å². The first-order valence-electron chi connectivity index (χ1n) is 10.0. The molecule has 33 heavy (non-hydrogen) atoms. The lowest BCUT2D eigenvalue weighted by atomic mass is 10.1. The lowest BCUT2D eigenvalue weighted by Gasteiger charge is -2.14. The zero-order valence-electron chi connectivity index (χ0n) is 18.0. The van der Waals surface area contributed by atoms with Crippen molar-refractivity contribution in [2.45, 2.75) is 13.8 Å². The van der Waals surface area contributed by atoms with Crippen LogP contribution in [0.25, 0.3) is 0 Å². The van der Waals surface area contributed by atoms with Crippen molar-refractivity contribution in [1.82, 2.24) is 0 Å². The minimum atomic E-state index is -1.31. The van der Waals surface area contributed by atoms with Crippen LogP contribution in [-0.4, -0.2) is 35.3 Å². The predicted octanol–water partition coefficient (Wildman–Crippen LogP) is 4.81. The van der Waals surface area contributed by atoms with E-state index in [-0.39, 0.29) is 35.0 Å². The normalized spacial score (nSPS) is 10.2. The van der Waals surface area contributed by atoms with Crippen LogP contribution in [0.1, 0.15) is 55.3 Å². The summed E-state index contributed by atoms with van der Waals surface area (Å²) < 4.78 is 10.7. The molecule has 0 aliphatic rings. The quantitative estimate of drug-likeness (QED) is 0.376. The number of ether oxygens (including phenoxy) is 2. The lowest BCUT2D eigenvalue weighted by molar-refractivity contribution is 0.0514. The van der Waals surface area contributed by atoms with E-state index in [0.29, 0.717) is 16.8 Å². The number of carboxylic acids is 1. The summed E-state index contributed by atoms with van der Waals surface area (Å²) in [6.45, 7) is 3.15. The molecule has 0 unspecified atom stereocenters. The third-order valence-electron chi connectivity index (χ3n) is 4.61. The fourth-order valence-electron chi connectivity index (χ4n) is 3.01. The van der Waals surface area contributed by atoms with Gasteiger partial charge >= 0.3 is 11.9 Å². The molecule has 8 heteroatoms. The SMILES string of the molecule is CCOC(=O)c1ccc(Oc2ccccc2NC(=O)c2cccc(C(C)=O)c2)cc1C(=O)O. The van der Waals surface area contributed by atoms with Crippen molar-refractivity contribution < 1.29 is 33.8 Å². The molecular formula is C25H21NO7. The van der Waals surface area contributed by atoms with Gasteiger partial charge in [-0.1, -0.05) is 24.3 Å². The maximum absolute atomic E-state index is 12.7. The van der Waals surface area contributed by atoms with Gasteiger partial charge < -0.3 is 19.9 Å². The minimum Gasteiger partial charge on any atom is -0.478 e. The predicted molar refractivity (Wildman–Crippen MR) is 120 cm³/mol. The minimum absolute atomic E-state index is 0.0939. The Morgan fingerprint density at radius 1 is 0.879 bits per heavy atom. The Morgan fingerprint density at radius 2 is 1.61 bits per heavy atom. The van der Waals surface area contributed by atoms with Crippen LogP contribution in [0, 0.1) is 0 Å². The molecule has 0 fully saturated rings. The van der Waals surface area contributed by atoms with Gasteiger partial charge in [0, 0.05) is 11.1 Å². The highest BCUT2D eigenvalue weighted by Crippen LogP contribution is 2.31. The van der Waals surface area contributed by atoms with Crippen molar-refractivity contribution in [2.75, 3.05) is 11.9 Å². The lowest BCUT2D eigenvalue weighted by Crippen LogP contribution is -2.13. The average Bonchev–Trinajstić information content (AvgIpc) is 2.80. The zero-order chi connectivity index (χ0) is 24.0. The average molecular weight is 447 g/mol. The Bertz CT molecular complexity index is 1230. The van der Waals surface area contributed by atoms with Crippen LogP contribution >= 0.6 is 0 Å². The summed E-state index contributed by atoms with van der Waals surface area (Å²) in [5.41, 5.74) is 0.679. The van der Waals surface area contributed by atoms with Gasteiger partial charge in [0.15, 0.2) is 11.5 Å². The van der Waals surface area contributed by atoms with Crippen LogP contribution < -0.4 is 10.1 Å². The number of carboxylic acid groups (broad SMARTS) is 1. The molecule has 3 aromatic rings. The number of Topliss-reactive ketones (excluding diaryl/α,β-unsaturated/α-hetero) is 1. The van der Waals surface area contributed by atoms with E-state index >= 15 is 0 Å². The number of rotatable bonds is 8. The van der Waals surface area contributed by atoms with Crippen LogP contribution in [0.4, 0.5) is 5.69 Å². The number of ketones is 1. The van der Waals surface area contributed by atoms with E-state index in [2.05, 4.69) is 5.32 Å². The zero-order valence-corrected chi connectivity index (χ0v) is 18.0. The van der Waals surface area contributed by atoms with Gasteiger partial charge in [0.1, 0.15) is 5.75 Å². The third kappa shape index (κ3) is 5.62. The molecular weight excluding hydrogens is 426 g/mol. The van der Waals surface area contributed by atoms with E-state index in [4.69, 9.17) is 9.47 Å². The molecule has 0 spiro atoms. The molecule has 8 nitrogen and oxygen atoms in total. The number of carbonyl (C=O) groups is 4. The highest BCUT2D eigenvalue weighted by molar-refractivity contribution is 6.07. The maximum Gasteiger partial charge on any atom is 0.339 e. The number of carbonyl (C=O) groups excluding carboxylic acids is 3. The molecule has 0 saturated carbocycles. The van der Waals surface area contributed by atoms with Crippen molar-refractivity contribution in [2.24, 2.45) is 0 Å². The number of para-hydroxylation sites is 2. The number of anilines is 1. The maximum atomic E-state index is 12.7. The van der Waals surface area contributed by atoms with Crippen LogP contribution in [0.2, 0.25) is 0 Å². The topological polar surface area (TPSA) is 119 Å². The van der Waals surface area contributed by atoms with E-state index in [1.807, 2.05) is 0 Å². The summed E-state index contributed by atoms with van der Waals surface area (Å²) in [6.07, 6.45) is 0. The van der Waals surface area contributed by atoms with Gasteiger partial charge in [-0.3, -0.25) is 9.59 Å². The first-order valence-corrected chi connectivity index (χ1v) is 10.0. The largest absolute Gasteiger partial charge is 0.478 e. The summed E-state index contributed by atoms with van der Waals surface area (Å²) in [5.74, 6) is -2.25. The number of hydrogen-bond acceptors (Lipinski definition) is 6. The van der Waals surface area contributed by atoms with Crippen LogP contribution in [0.5, 0.6) is 11.5 Å². The molecule has 0 aliphatic heterocycles. The monoisotopic (exact) mass is 447 g/mol. The smallest absolute Gasteiger partial charge is 0.339 e. The standard InChI is InChI=1S/C25H21NO7/c1-3-32-25(31)19-12-11-18(14-20(19)24(29)30)33-22-10-5-4-9-21(22)26-23(28)17-8-6-7-16(13-17)15(2)27/h4-14H,3H2,1-2H3,(H,26,28)(H,29,30). The van der Waals surface area contributed by atoms with E-state index in [1.165, 1.54) is 31.2 Å². The Hall–Kier alpha value is -4.46. The van der Waals surface area contributed by atoms with Crippen molar-refractivity contribution in [1.29, 1.82) is 0 Å². The molecule has 0 heterocycles. The van der Waals surface area contributed by atoms with Crippen LogP contribution in [-0.2, 0) is 4.74 Å². The number of nitrogens with one attached hydrogen (secondary N) is 1. The molecule has 3 aromatic carbocycles. The van der Waals surface area contributed by atoms with Gasteiger partial charge in [-0.2, -0.15) is 0 Å². The highest BCUT2D eigenvalue weighted by Gasteiger charge is 2.19. The first-order chi connectivity index (χ1) is 15.8. The summed E-state index contributed by atoms with van der Waals surface area (Å²) in [7, 11) is 0. The Balaban J connectivity index is 1.86. The first kappa shape index (κ1) is 23.2. The van der Waals surface area contributed by atoms with Crippen molar-refractivity contribution in [3.05, 3.63) is 89.0 Å². The molecule has 0 aliphatic carbocycles. The number of benzene rings is 3. The molecule has 0 atom stereocenters. The van der Waals surface area contributed by atoms with Gasteiger partial charge in [0.05, 0.1) is 23.4 Å². The second-order valence-electron chi connectivity index (χ2n) is 6.92. The summed E-state index contributed by atoms with van der Waals surface area (Å²) in [6, 6.07) is 16.9. The van der Waals surface area contributed by atoms with Gasteiger partial charge in [-0.25, -0.2) is 9.59 Å². The highest BCUT2D eigenvalue weighted by atomic mass is 16.5. The van der Waals surface area contributed by atoms with Crippen LogP contribution in [0.15, 0.2) is 66.7 Å². The van der Waals surface area contributed by atoms with Crippen molar-refractivity contribution in [3.63, 3.8) is 0 Å². The molecule has 0 saturated heterocycles. The van der Waals surface area contributed by atoms with Crippen molar-refractivity contribution >= 4 is 29.3 Å². The number of hydrogen-bond donors (Lipinski definition) is 2. The van der Waals surface area contributed by atoms with Crippen molar-refractivity contribution in [3.8, 4) is 11.5 Å². The fraction of sp³-hybridized carbons (Fsp3) is 0.120. The number of aromatic carboxylic acids is 1. The second kappa shape index (κ2) is 10.2. The van der Waals surface area contributed by atoms with Gasteiger partial charge in [-0.05, 0) is 56.3 Å². The third-order valence-corrected chi connectivity index (χ3v) is 4.61. The van der Waals surface area contributed by atoms with E-state index in [9.17, 15) is 24.3 Å². The number of esters is 1. The van der Waals surface area contributed by atoms with Gasteiger partial charge in [0.2, 0.25) is 0 Å². The van der Waals surface area contributed by atoms with E-state index in [0.717, 1.165) is 0 Å². The van der Waals surface area contributed by atoms with Gasteiger partial charge in [0.25, 0.3) is 5.91 Å². The molecule has 0 bridgehead atoms. The Kier molecular flexibility index (Phi) is 7.20. The molecule has 168 valence electrons. The molecule has 1 amide bonds. The molecule has 0 aromatic heterocycles. The number of amides is 1. The molecule has 2 N–H and O–H groups in total. The van der Waals surface area contributed by atoms with E-state index in [1.54, 1.807) is 49.4 Å². The van der Waals surface area contributed by atoms with Crippen LogP contribution in [0.3, 0.4) is 0 Å². The summed E-state index contributed by atoms with van der Waals surface area (Å²) in [4.78, 5) is 48.0. The second-order valence-corrected chi connectivity index (χ2v) is 6.92. The molecule has 0 radical (unpaired) electrons. The molecule has 3 rings (SSSR count). The Morgan fingerprint density at radius 3 is 2.30 bits per heavy atom. The summed E-state index contributed by atoms with van der Waals surface area (Å²) >= 11 is 0. The summed E-state index contributed by atoms with van der Waals surface area (Å²) in [5, 5.41) is 12.2. The van der Waals surface area contributed by atoms with Gasteiger partial charge in [-0.15, -0.1) is 0 Å².